The summed E-state index contributed by atoms with van der Waals surface area (Å²) in [7, 11) is 3.19. The van der Waals surface area contributed by atoms with E-state index in [9.17, 15) is 5.11 Å². The van der Waals surface area contributed by atoms with Gasteiger partial charge in [0.05, 0.1) is 26.4 Å². The van der Waals surface area contributed by atoms with Gasteiger partial charge in [-0.1, -0.05) is 0 Å². The van der Waals surface area contributed by atoms with Crippen molar-refractivity contribution in [1.82, 2.24) is 0 Å². The van der Waals surface area contributed by atoms with Gasteiger partial charge in [0.2, 0.25) is 0 Å². The second-order valence-corrected chi connectivity index (χ2v) is 3.22. The number of aliphatic hydroxyl groups excluding tert-OH is 1. The number of hydrogen-bond donors (Lipinski definition) is 1. The molecule has 0 radical (unpaired) electrons. The number of aliphatic hydroxyl groups is 1. The first kappa shape index (κ1) is 11.9. The minimum Gasteiger partial charge on any atom is -0.388 e. The predicted molar refractivity (Wildman–Crippen MR) is 49.2 cm³/mol. The van der Waals surface area contributed by atoms with Crippen LogP contribution in [-0.4, -0.2) is 64.1 Å². The molecule has 0 aromatic rings. The highest BCUT2D eigenvalue weighted by atomic mass is 16.6. The number of rotatable bonds is 6. The van der Waals surface area contributed by atoms with Crippen LogP contribution in [0.1, 0.15) is 0 Å². The molecule has 0 spiro atoms. The van der Waals surface area contributed by atoms with Gasteiger partial charge in [-0.25, -0.2) is 0 Å². The third-order valence-corrected chi connectivity index (χ3v) is 2.19. The Hall–Kier alpha value is -0.200. The molecule has 0 amide bonds. The maximum absolute atomic E-state index is 9.71. The van der Waals surface area contributed by atoms with Crippen molar-refractivity contribution in [2.24, 2.45) is 0 Å². The lowest BCUT2D eigenvalue weighted by molar-refractivity contribution is -0.0431. The first-order chi connectivity index (χ1) is 6.79. The van der Waals surface area contributed by atoms with Gasteiger partial charge in [-0.15, -0.1) is 0 Å². The van der Waals surface area contributed by atoms with E-state index in [1.54, 1.807) is 14.2 Å². The smallest absolute Gasteiger partial charge is 0.111 e. The zero-order chi connectivity index (χ0) is 10.4. The van der Waals surface area contributed by atoms with E-state index >= 15 is 0 Å². The van der Waals surface area contributed by atoms with Crippen LogP contribution >= 0.6 is 0 Å². The minimum absolute atomic E-state index is 0.259. The molecule has 1 saturated heterocycles. The third-order valence-electron chi connectivity index (χ3n) is 2.19. The van der Waals surface area contributed by atoms with Crippen molar-refractivity contribution in [3.05, 3.63) is 0 Å². The van der Waals surface area contributed by atoms with Crippen LogP contribution in [0.4, 0.5) is 0 Å². The lowest BCUT2D eigenvalue weighted by atomic mass is 10.1. The van der Waals surface area contributed by atoms with Crippen LogP contribution in [0.3, 0.4) is 0 Å². The van der Waals surface area contributed by atoms with Gasteiger partial charge in [0, 0.05) is 14.2 Å². The van der Waals surface area contributed by atoms with Crippen molar-refractivity contribution >= 4 is 0 Å². The van der Waals surface area contributed by atoms with Crippen LogP contribution < -0.4 is 0 Å². The largest absolute Gasteiger partial charge is 0.388 e. The molecule has 1 N–H and O–H groups in total. The molecule has 5 nitrogen and oxygen atoms in total. The summed E-state index contributed by atoms with van der Waals surface area (Å²) >= 11 is 0. The second kappa shape index (κ2) is 6.31. The molecule has 1 aliphatic rings. The van der Waals surface area contributed by atoms with Crippen molar-refractivity contribution in [2.45, 2.75) is 18.3 Å². The molecule has 0 aliphatic carbocycles. The molecule has 3 unspecified atom stereocenters. The van der Waals surface area contributed by atoms with Crippen molar-refractivity contribution in [1.29, 1.82) is 0 Å². The van der Waals surface area contributed by atoms with E-state index in [1.807, 2.05) is 0 Å². The molecule has 14 heavy (non-hydrogen) atoms. The van der Waals surface area contributed by atoms with Crippen LogP contribution in [0.25, 0.3) is 0 Å². The van der Waals surface area contributed by atoms with E-state index < -0.39 is 6.10 Å². The molecular formula is C9H18O5. The van der Waals surface area contributed by atoms with Crippen LogP contribution in [0.5, 0.6) is 0 Å². The molecule has 5 heteroatoms. The Morgan fingerprint density at radius 3 is 2.71 bits per heavy atom. The summed E-state index contributed by atoms with van der Waals surface area (Å²) in [5.41, 5.74) is 0. The Bertz CT molecular complexity index is 152. The van der Waals surface area contributed by atoms with Gasteiger partial charge in [0.1, 0.15) is 18.3 Å². The highest BCUT2D eigenvalue weighted by Crippen LogP contribution is 2.17. The maximum atomic E-state index is 9.71. The van der Waals surface area contributed by atoms with Crippen molar-refractivity contribution < 1.29 is 24.1 Å². The zero-order valence-electron chi connectivity index (χ0n) is 8.64. The lowest BCUT2D eigenvalue weighted by Crippen LogP contribution is -2.35. The average Bonchev–Trinajstić information content (AvgIpc) is 2.51. The normalized spacial score (nSPS) is 32.4. The number of ether oxygens (including phenoxy) is 4. The zero-order valence-corrected chi connectivity index (χ0v) is 8.64. The van der Waals surface area contributed by atoms with Gasteiger partial charge in [-0.2, -0.15) is 0 Å². The summed E-state index contributed by atoms with van der Waals surface area (Å²) in [6.45, 7) is 1.81. The minimum atomic E-state index is -0.605. The van der Waals surface area contributed by atoms with Crippen LogP contribution in [0.2, 0.25) is 0 Å². The molecule has 0 bridgehead atoms. The van der Waals surface area contributed by atoms with Crippen LogP contribution in [0, 0.1) is 0 Å². The fraction of sp³-hybridized carbons (Fsp3) is 1.00. The van der Waals surface area contributed by atoms with Gasteiger partial charge in [-0.05, 0) is 0 Å². The summed E-state index contributed by atoms with van der Waals surface area (Å²) in [5.74, 6) is 0. The van der Waals surface area contributed by atoms with E-state index in [4.69, 9.17) is 18.9 Å². The van der Waals surface area contributed by atoms with Gasteiger partial charge in [-0.3, -0.25) is 0 Å². The van der Waals surface area contributed by atoms with Gasteiger partial charge in [0.15, 0.2) is 0 Å². The first-order valence-corrected chi connectivity index (χ1v) is 4.68. The van der Waals surface area contributed by atoms with E-state index in [1.165, 1.54) is 0 Å². The van der Waals surface area contributed by atoms with E-state index in [2.05, 4.69) is 0 Å². The average molecular weight is 206 g/mol. The summed E-state index contributed by atoms with van der Waals surface area (Å²) in [4.78, 5) is 0. The van der Waals surface area contributed by atoms with E-state index in [0.29, 0.717) is 26.4 Å². The molecule has 1 aliphatic heterocycles. The number of methoxy groups -OCH3 is 2. The van der Waals surface area contributed by atoms with E-state index in [0.717, 1.165) is 0 Å². The molecule has 1 rings (SSSR count). The second-order valence-electron chi connectivity index (χ2n) is 3.22. The Morgan fingerprint density at radius 2 is 2.07 bits per heavy atom. The Balaban J connectivity index is 2.21. The summed E-state index contributed by atoms with van der Waals surface area (Å²) in [5, 5.41) is 9.71. The molecule has 1 heterocycles. The maximum Gasteiger partial charge on any atom is 0.111 e. The Morgan fingerprint density at radius 1 is 1.29 bits per heavy atom. The predicted octanol–water partition coefficient (Wildman–Crippen LogP) is -0.576. The quantitative estimate of drug-likeness (QED) is 0.589. The third kappa shape index (κ3) is 3.18. The van der Waals surface area contributed by atoms with Gasteiger partial charge >= 0.3 is 0 Å². The molecule has 1 fully saturated rings. The van der Waals surface area contributed by atoms with Crippen LogP contribution in [0.15, 0.2) is 0 Å². The molecule has 3 atom stereocenters. The monoisotopic (exact) mass is 206 g/mol. The summed E-state index contributed by atoms with van der Waals surface area (Å²) in [6.07, 6.45) is -1.13. The molecule has 0 aromatic heterocycles. The molecular weight excluding hydrogens is 188 g/mol. The van der Waals surface area contributed by atoms with E-state index in [-0.39, 0.29) is 12.2 Å². The van der Waals surface area contributed by atoms with Crippen LogP contribution in [-0.2, 0) is 18.9 Å². The lowest BCUT2D eigenvalue weighted by Gasteiger charge is -2.16. The SMILES string of the molecule is COCCOC1COC(COC)C1O. The topological polar surface area (TPSA) is 57.2 Å². The Kier molecular flexibility index (Phi) is 5.36. The fourth-order valence-electron chi connectivity index (χ4n) is 1.40. The standard InChI is InChI=1S/C9H18O5/c1-11-3-4-13-8-6-14-7(5-12-2)9(8)10/h7-10H,3-6H2,1-2H3. The van der Waals surface area contributed by atoms with Gasteiger partial charge in [0.25, 0.3) is 0 Å². The first-order valence-electron chi connectivity index (χ1n) is 4.68. The summed E-state index contributed by atoms with van der Waals surface area (Å²) in [6, 6.07) is 0. The van der Waals surface area contributed by atoms with Crippen molar-refractivity contribution in [2.75, 3.05) is 40.6 Å². The number of hydrogen-bond acceptors (Lipinski definition) is 5. The van der Waals surface area contributed by atoms with Gasteiger partial charge < -0.3 is 24.1 Å². The van der Waals surface area contributed by atoms with Crippen molar-refractivity contribution in [3.8, 4) is 0 Å². The fourth-order valence-corrected chi connectivity index (χ4v) is 1.40. The molecule has 0 aromatic carbocycles. The molecule has 0 saturated carbocycles. The highest BCUT2D eigenvalue weighted by molar-refractivity contribution is 4.84. The highest BCUT2D eigenvalue weighted by Gasteiger charge is 2.36. The van der Waals surface area contributed by atoms with Crippen molar-refractivity contribution in [3.63, 3.8) is 0 Å². The Labute approximate surface area is 83.9 Å². The molecule has 84 valence electrons. The summed E-state index contributed by atoms with van der Waals surface area (Å²) < 4.78 is 20.4.